The lowest BCUT2D eigenvalue weighted by Gasteiger charge is -2.25. The first-order valence-electron chi connectivity index (χ1n) is 10.2. The summed E-state index contributed by atoms with van der Waals surface area (Å²) in [6.07, 6.45) is -0.180. The lowest BCUT2D eigenvalue weighted by atomic mass is 10.2. The van der Waals surface area contributed by atoms with Gasteiger partial charge in [0.15, 0.2) is 11.6 Å². The smallest absolute Gasteiger partial charge is 0.240 e. The van der Waals surface area contributed by atoms with Gasteiger partial charge in [0, 0.05) is 37.4 Å². The van der Waals surface area contributed by atoms with Gasteiger partial charge >= 0.3 is 0 Å². The lowest BCUT2D eigenvalue weighted by molar-refractivity contribution is -0.118. The molecule has 178 valence electrons. The molecule has 2 aromatic carbocycles. The lowest BCUT2D eigenvalue weighted by Crippen LogP contribution is -2.41. The van der Waals surface area contributed by atoms with E-state index in [0.717, 1.165) is 6.07 Å². The number of nitrogens with zero attached hydrogens (tertiary/aromatic N) is 1. The number of hydrogen-bond donors (Lipinski definition) is 3. The van der Waals surface area contributed by atoms with Gasteiger partial charge in [-0.25, -0.2) is 21.9 Å². The Labute approximate surface area is 190 Å². The molecule has 1 aliphatic heterocycles. The number of anilines is 2. The molecule has 1 heterocycles. The van der Waals surface area contributed by atoms with E-state index >= 15 is 0 Å². The summed E-state index contributed by atoms with van der Waals surface area (Å²) >= 11 is 0. The fourth-order valence-corrected chi connectivity index (χ4v) is 4.09. The van der Waals surface area contributed by atoms with E-state index < -0.39 is 32.5 Å². The molecule has 0 saturated carbocycles. The zero-order valence-electron chi connectivity index (χ0n) is 17.6. The van der Waals surface area contributed by atoms with Gasteiger partial charge in [-0.3, -0.25) is 14.5 Å². The molecular formula is C21H24F2N4O5S. The maximum Gasteiger partial charge on any atom is 0.240 e. The molecule has 1 saturated heterocycles. The second-order valence-electron chi connectivity index (χ2n) is 7.29. The Hall–Kier alpha value is -2.93. The van der Waals surface area contributed by atoms with Crippen molar-refractivity contribution in [1.29, 1.82) is 0 Å². The molecule has 0 aromatic heterocycles. The van der Waals surface area contributed by atoms with Crippen molar-refractivity contribution in [1.82, 2.24) is 9.62 Å². The van der Waals surface area contributed by atoms with Gasteiger partial charge in [-0.2, -0.15) is 0 Å². The van der Waals surface area contributed by atoms with E-state index in [1.807, 2.05) is 4.90 Å². The molecule has 0 radical (unpaired) electrons. The van der Waals surface area contributed by atoms with Crippen LogP contribution in [-0.2, 0) is 24.3 Å². The summed E-state index contributed by atoms with van der Waals surface area (Å²) < 4.78 is 57.8. The quantitative estimate of drug-likeness (QED) is 0.499. The van der Waals surface area contributed by atoms with E-state index in [4.69, 9.17) is 4.74 Å². The van der Waals surface area contributed by atoms with Crippen molar-refractivity contribution in [3.63, 3.8) is 0 Å². The number of ether oxygens (including phenoxy) is 1. The number of morpholine rings is 1. The Morgan fingerprint density at radius 1 is 0.909 bits per heavy atom. The number of carbonyl (C=O) groups is 2. The molecule has 1 fully saturated rings. The average molecular weight is 483 g/mol. The minimum Gasteiger partial charge on any atom is -0.379 e. The van der Waals surface area contributed by atoms with Crippen LogP contribution in [0.25, 0.3) is 0 Å². The second kappa shape index (κ2) is 11.3. The summed E-state index contributed by atoms with van der Waals surface area (Å²) in [6, 6.07) is 8.70. The van der Waals surface area contributed by atoms with Gasteiger partial charge in [-0.05, 0) is 42.5 Å². The van der Waals surface area contributed by atoms with Gasteiger partial charge < -0.3 is 15.4 Å². The summed E-state index contributed by atoms with van der Waals surface area (Å²) in [4.78, 5) is 25.8. The van der Waals surface area contributed by atoms with Gasteiger partial charge in [-0.15, -0.1) is 0 Å². The number of halogens is 2. The summed E-state index contributed by atoms with van der Waals surface area (Å²) in [5.74, 6) is -3.04. The molecule has 2 aromatic rings. The van der Waals surface area contributed by atoms with Crippen molar-refractivity contribution >= 4 is 33.2 Å². The van der Waals surface area contributed by atoms with Gasteiger partial charge in [0.2, 0.25) is 21.8 Å². The van der Waals surface area contributed by atoms with Gasteiger partial charge in [0.1, 0.15) is 0 Å². The first-order chi connectivity index (χ1) is 15.7. The molecular weight excluding hydrogens is 458 g/mol. The fraction of sp³-hybridized carbons (Fsp3) is 0.333. The molecule has 3 rings (SSSR count). The van der Waals surface area contributed by atoms with Crippen molar-refractivity contribution in [3.8, 4) is 0 Å². The van der Waals surface area contributed by atoms with Crippen LogP contribution in [-0.4, -0.2) is 64.5 Å². The van der Waals surface area contributed by atoms with Crippen molar-refractivity contribution in [2.75, 3.05) is 50.0 Å². The number of carbonyl (C=O) groups excluding carboxylic acids is 2. The topological polar surface area (TPSA) is 117 Å². The molecule has 9 nitrogen and oxygen atoms in total. The highest BCUT2D eigenvalue weighted by molar-refractivity contribution is 7.89. The molecule has 0 atom stereocenters. The normalized spacial score (nSPS) is 14.6. The van der Waals surface area contributed by atoms with Crippen LogP contribution in [0.5, 0.6) is 0 Å². The van der Waals surface area contributed by atoms with Gasteiger partial charge in [0.05, 0.1) is 24.7 Å². The molecule has 0 bridgehead atoms. The predicted molar refractivity (Wildman–Crippen MR) is 117 cm³/mol. The zero-order chi connectivity index (χ0) is 23.8. The Balaban J connectivity index is 1.42. The third kappa shape index (κ3) is 7.56. The monoisotopic (exact) mass is 482 g/mol. The number of hydrogen-bond acceptors (Lipinski definition) is 6. The third-order valence-electron chi connectivity index (χ3n) is 4.77. The summed E-state index contributed by atoms with van der Waals surface area (Å²) in [5.41, 5.74) is 1.04. The summed E-state index contributed by atoms with van der Waals surface area (Å²) in [6.45, 7) is 2.65. The second-order valence-corrected chi connectivity index (χ2v) is 9.05. The van der Waals surface area contributed by atoms with Crippen molar-refractivity contribution in [3.05, 3.63) is 54.1 Å². The first kappa shape index (κ1) is 24.7. The predicted octanol–water partition coefficient (Wildman–Crippen LogP) is 1.54. The summed E-state index contributed by atoms with van der Waals surface area (Å²) in [5, 5.41) is 5.40. The highest BCUT2D eigenvalue weighted by Crippen LogP contribution is 2.15. The number of benzene rings is 2. The van der Waals surface area contributed by atoms with Crippen LogP contribution in [0.15, 0.2) is 47.4 Å². The standard InChI is InChI=1S/C21H24F2N4O5S/c22-18-6-5-17(13-19(18)23)33(30,31)24-8-7-20(28)25-15-1-3-16(4-2-15)26-21(29)14-27-9-11-32-12-10-27/h1-6,13,24H,7-12,14H2,(H,25,28)(H,26,29). The minimum atomic E-state index is -4.08. The van der Waals surface area contributed by atoms with Gasteiger partial charge in [0.25, 0.3) is 0 Å². The Bertz CT molecular complexity index is 1090. The molecule has 0 spiro atoms. The van der Waals surface area contributed by atoms with Crippen LogP contribution in [0.1, 0.15) is 6.42 Å². The molecule has 1 aliphatic rings. The van der Waals surface area contributed by atoms with E-state index in [0.29, 0.717) is 49.8 Å². The van der Waals surface area contributed by atoms with Crippen molar-refractivity contribution in [2.24, 2.45) is 0 Å². The first-order valence-corrected chi connectivity index (χ1v) is 11.7. The zero-order valence-corrected chi connectivity index (χ0v) is 18.5. The molecule has 12 heteroatoms. The third-order valence-corrected chi connectivity index (χ3v) is 6.23. The molecule has 3 N–H and O–H groups in total. The van der Waals surface area contributed by atoms with E-state index in [1.165, 1.54) is 0 Å². The Morgan fingerprint density at radius 3 is 2.12 bits per heavy atom. The van der Waals surface area contributed by atoms with Crippen LogP contribution in [0.2, 0.25) is 0 Å². The molecule has 33 heavy (non-hydrogen) atoms. The molecule has 0 aliphatic carbocycles. The van der Waals surface area contributed by atoms with Crippen LogP contribution < -0.4 is 15.4 Å². The summed E-state index contributed by atoms with van der Waals surface area (Å²) in [7, 11) is -4.08. The number of rotatable bonds is 9. The number of nitrogens with one attached hydrogen (secondary N) is 3. The molecule has 2 amide bonds. The van der Waals surface area contributed by atoms with Crippen molar-refractivity contribution in [2.45, 2.75) is 11.3 Å². The fourth-order valence-electron chi connectivity index (χ4n) is 3.05. The van der Waals surface area contributed by atoms with E-state index in [9.17, 15) is 26.8 Å². The number of amides is 2. The Morgan fingerprint density at radius 2 is 1.52 bits per heavy atom. The molecule has 0 unspecified atom stereocenters. The Kier molecular flexibility index (Phi) is 8.44. The largest absolute Gasteiger partial charge is 0.379 e. The van der Waals surface area contributed by atoms with E-state index in [2.05, 4.69) is 15.4 Å². The highest BCUT2D eigenvalue weighted by Gasteiger charge is 2.17. The van der Waals surface area contributed by atoms with Crippen LogP contribution in [0, 0.1) is 11.6 Å². The maximum atomic E-state index is 13.2. The number of sulfonamides is 1. The van der Waals surface area contributed by atoms with Gasteiger partial charge in [-0.1, -0.05) is 0 Å². The maximum absolute atomic E-state index is 13.2. The highest BCUT2D eigenvalue weighted by atomic mass is 32.2. The van der Waals surface area contributed by atoms with Crippen LogP contribution in [0.4, 0.5) is 20.2 Å². The minimum absolute atomic E-state index is 0.151. The van der Waals surface area contributed by atoms with E-state index in [-0.39, 0.29) is 25.4 Å². The van der Waals surface area contributed by atoms with Crippen LogP contribution >= 0.6 is 0 Å². The van der Waals surface area contributed by atoms with Crippen LogP contribution in [0.3, 0.4) is 0 Å². The average Bonchev–Trinajstić information content (AvgIpc) is 2.77. The van der Waals surface area contributed by atoms with E-state index in [1.54, 1.807) is 24.3 Å². The SMILES string of the molecule is O=C(CCNS(=O)(=O)c1ccc(F)c(F)c1)Nc1ccc(NC(=O)CN2CCOCC2)cc1. The van der Waals surface area contributed by atoms with Crippen molar-refractivity contribution < 1.29 is 31.5 Å².